The summed E-state index contributed by atoms with van der Waals surface area (Å²) in [5.74, 6) is -2.73. The number of hydrogen-bond donors (Lipinski definition) is 6. The first-order valence-corrected chi connectivity index (χ1v) is 11.0. The Bertz CT molecular complexity index is 948. The van der Waals surface area contributed by atoms with Gasteiger partial charge in [0.15, 0.2) is 0 Å². The highest BCUT2D eigenvalue weighted by molar-refractivity contribution is 5.92. The van der Waals surface area contributed by atoms with Crippen molar-refractivity contribution in [2.75, 3.05) is 6.54 Å². The third-order valence-corrected chi connectivity index (χ3v) is 5.01. The number of rotatable bonds is 13. The molecule has 0 spiro atoms. The van der Waals surface area contributed by atoms with E-state index in [1.807, 2.05) is 44.2 Å². The van der Waals surface area contributed by atoms with Crippen LogP contribution >= 0.6 is 0 Å². The van der Waals surface area contributed by atoms with Gasteiger partial charge in [0.05, 0.1) is 18.9 Å². The van der Waals surface area contributed by atoms with Gasteiger partial charge in [-0.2, -0.15) is 0 Å². The number of carboxylic acid groups (broad SMARTS) is 1. The lowest BCUT2D eigenvalue weighted by molar-refractivity contribution is -0.141. The molecule has 0 saturated carbocycles. The smallest absolute Gasteiger partial charge is 0.326 e. The topological polar surface area (TPSA) is 179 Å². The Morgan fingerprint density at radius 1 is 1.03 bits per heavy atom. The molecule has 0 aliphatic rings. The quantitative estimate of drug-likeness (QED) is 0.232. The van der Waals surface area contributed by atoms with E-state index in [0.29, 0.717) is 12.1 Å². The molecule has 3 unspecified atom stereocenters. The van der Waals surface area contributed by atoms with Gasteiger partial charge in [-0.05, 0) is 17.9 Å². The number of nitrogens with one attached hydrogen (secondary N) is 4. The molecule has 0 aliphatic heterocycles. The van der Waals surface area contributed by atoms with Crippen molar-refractivity contribution in [1.82, 2.24) is 25.9 Å². The number of aromatic nitrogens is 2. The summed E-state index contributed by atoms with van der Waals surface area (Å²) in [5, 5.41) is 16.9. The molecule has 11 heteroatoms. The number of nitrogens with two attached hydrogens (primary N) is 1. The number of hydrogen-bond acceptors (Lipinski definition) is 6. The molecule has 0 saturated heterocycles. The lowest BCUT2D eigenvalue weighted by atomic mass is 10.0. The number of H-pyrrole nitrogens is 1. The Morgan fingerprint density at radius 3 is 2.32 bits per heavy atom. The van der Waals surface area contributed by atoms with Crippen LogP contribution in [0.5, 0.6) is 0 Å². The van der Waals surface area contributed by atoms with Gasteiger partial charge in [0, 0.05) is 24.7 Å². The summed E-state index contributed by atoms with van der Waals surface area (Å²) in [7, 11) is 0. The summed E-state index contributed by atoms with van der Waals surface area (Å²) in [4.78, 5) is 55.7. The van der Waals surface area contributed by atoms with Gasteiger partial charge in [0.2, 0.25) is 17.7 Å². The first kappa shape index (κ1) is 26.5. The number of aromatic amines is 1. The zero-order valence-corrected chi connectivity index (χ0v) is 19.3. The van der Waals surface area contributed by atoms with Crippen LogP contribution in [0, 0.1) is 5.92 Å². The van der Waals surface area contributed by atoms with Gasteiger partial charge in [-0.1, -0.05) is 44.2 Å². The van der Waals surface area contributed by atoms with Gasteiger partial charge in [0.1, 0.15) is 12.1 Å². The minimum atomic E-state index is -1.22. The van der Waals surface area contributed by atoms with Crippen molar-refractivity contribution in [3.63, 3.8) is 0 Å². The number of aliphatic carboxylic acids is 1. The standard InChI is InChI=1S/C23H32N6O5/c1-14(2)8-17(24)21(31)29-18(9-15-6-4-3-5-7-15)22(32)26-12-20(30)28-19(23(33)34)10-16-11-25-13-27-16/h3-7,11,13-14,17-19H,8-10,12,24H2,1-2H3,(H,25,27)(H,26,32)(H,28,30)(H,29,31)(H,33,34). The molecule has 11 nitrogen and oxygen atoms in total. The normalized spacial score (nSPS) is 13.5. The molecule has 7 N–H and O–H groups in total. The van der Waals surface area contributed by atoms with Crippen LogP contribution in [0.4, 0.5) is 0 Å². The van der Waals surface area contributed by atoms with E-state index in [9.17, 15) is 24.3 Å². The van der Waals surface area contributed by atoms with E-state index in [0.717, 1.165) is 5.56 Å². The summed E-state index contributed by atoms with van der Waals surface area (Å²) in [6.45, 7) is 3.43. The fourth-order valence-electron chi connectivity index (χ4n) is 3.31. The maximum Gasteiger partial charge on any atom is 0.326 e. The Balaban J connectivity index is 1.98. The Kier molecular flexibility index (Phi) is 10.2. The van der Waals surface area contributed by atoms with Crippen LogP contribution in [-0.2, 0) is 32.0 Å². The van der Waals surface area contributed by atoms with Gasteiger partial charge < -0.3 is 31.8 Å². The van der Waals surface area contributed by atoms with Crippen LogP contribution in [0.15, 0.2) is 42.9 Å². The van der Waals surface area contributed by atoms with Crippen LogP contribution in [-0.4, -0.2) is 63.4 Å². The fourth-order valence-corrected chi connectivity index (χ4v) is 3.31. The molecular weight excluding hydrogens is 440 g/mol. The zero-order chi connectivity index (χ0) is 25.1. The summed E-state index contributed by atoms with van der Waals surface area (Å²) < 4.78 is 0. The molecule has 3 atom stereocenters. The molecule has 1 heterocycles. The van der Waals surface area contributed by atoms with E-state index in [2.05, 4.69) is 25.9 Å². The monoisotopic (exact) mass is 472 g/mol. The van der Waals surface area contributed by atoms with Crippen molar-refractivity contribution >= 4 is 23.7 Å². The molecule has 0 radical (unpaired) electrons. The van der Waals surface area contributed by atoms with Crippen LogP contribution in [0.2, 0.25) is 0 Å². The predicted octanol–water partition coefficient (Wildman–Crippen LogP) is -0.261. The molecule has 1 aromatic carbocycles. The molecule has 0 aliphatic carbocycles. The number of amides is 3. The molecule has 2 rings (SSSR count). The van der Waals surface area contributed by atoms with Crippen molar-refractivity contribution in [2.45, 2.75) is 51.2 Å². The number of benzene rings is 1. The average Bonchev–Trinajstić information content (AvgIpc) is 3.30. The fraction of sp³-hybridized carbons (Fsp3) is 0.435. The van der Waals surface area contributed by atoms with E-state index >= 15 is 0 Å². The van der Waals surface area contributed by atoms with Crippen molar-refractivity contribution in [3.8, 4) is 0 Å². The van der Waals surface area contributed by atoms with Crippen molar-refractivity contribution in [2.24, 2.45) is 11.7 Å². The Hall–Kier alpha value is -3.73. The first-order chi connectivity index (χ1) is 16.2. The Morgan fingerprint density at radius 2 is 1.74 bits per heavy atom. The highest BCUT2D eigenvalue weighted by Gasteiger charge is 2.26. The zero-order valence-electron chi connectivity index (χ0n) is 19.3. The number of nitrogens with zero attached hydrogens (tertiary/aromatic N) is 1. The van der Waals surface area contributed by atoms with Crippen molar-refractivity contribution in [1.29, 1.82) is 0 Å². The third-order valence-electron chi connectivity index (χ3n) is 5.01. The van der Waals surface area contributed by atoms with Crippen molar-refractivity contribution < 1.29 is 24.3 Å². The van der Waals surface area contributed by atoms with Gasteiger partial charge >= 0.3 is 5.97 Å². The Labute approximate surface area is 197 Å². The number of imidazole rings is 1. The summed E-state index contributed by atoms with van der Waals surface area (Å²) >= 11 is 0. The van der Waals surface area contributed by atoms with E-state index < -0.39 is 48.4 Å². The van der Waals surface area contributed by atoms with E-state index in [4.69, 9.17) is 5.73 Å². The highest BCUT2D eigenvalue weighted by Crippen LogP contribution is 2.06. The lowest BCUT2D eigenvalue weighted by Gasteiger charge is -2.22. The van der Waals surface area contributed by atoms with Gasteiger partial charge in [-0.15, -0.1) is 0 Å². The van der Waals surface area contributed by atoms with Crippen molar-refractivity contribution in [3.05, 3.63) is 54.1 Å². The summed E-state index contributed by atoms with van der Waals surface area (Å²) in [5.41, 5.74) is 7.31. The molecule has 0 fully saturated rings. The second-order valence-electron chi connectivity index (χ2n) is 8.44. The SMILES string of the molecule is CC(C)CC(N)C(=O)NC(Cc1ccccc1)C(=O)NCC(=O)NC(Cc1cnc[nH]1)C(=O)O. The van der Waals surface area contributed by atoms with Crippen LogP contribution in [0.1, 0.15) is 31.5 Å². The molecule has 1 aromatic heterocycles. The van der Waals surface area contributed by atoms with E-state index in [1.54, 1.807) is 0 Å². The van der Waals surface area contributed by atoms with Gasteiger partial charge in [0.25, 0.3) is 0 Å². The number of carboxylic acids is 1. The van der Waals surface area contributed by atoms with Gasteiger partial charge in [-0.25, -0.2) is 9.78 Å². The molecule has 3 amide bonds. The minimum absolute atomic E-state index is 0.00937. The van der Waals surface area contributed by atoms with E-state index in [1.165, 1.54) is 12.5 Å². The van der Waals surface area contributed by atoms with Crippen LogP contribution in [0.25, 0.3) is 0 Å². The van der Waals surface area contributed by atoms with E-state index in [-0.39, 0.29) is 18.8 Å². The second kappa shape index (κ2) is 13.1. The summed E-state index contributed by atoms with van der Waals surface area (Å²) in [6.07, 6.45) is 3.54. The third kappa shape index (κ3) is 9.02. The molecule has 184 valence electrons. The summed E-state index contributed by atoms with van der Waals surface area (Å²) in [6, 6.07) is 6.18. The highest BCUT2D eigenvalue weighted by atomic mass is 16.4. The molecule has 2 aromatic rings. The predicted molar refractivity (Wildman–Crippen MR) is 124 cm³/mol. The van der Waals surface area contributed by atoms with Crippen LogP contribution in [0.3, 0.4) is 0 Å². The maximum atomic E-state index is 12.8. The average molecular weight is 473 g/mol. The number of carbonyl (C=O) groups excluding carboxylic acids is 3. The lowest BCUT2D eigenvalue weighted by Crippen LogP contribution is -2.54. The second-order valence-corrected chi connectivity index (χ2v) is 8.44. The largest absolute Gasteiger partial charge is 0.480 e. The maximum absolute atomic E-state index is 12.8. The first-order valence-electron chi connectivity index (χ1n) is 11.0. The minimum Gasteiger partial charge on any atom is -0.480 e. The van der Waals surface area contributed by atoms with Crippen LogP contribution < -0.4 is 21.7 Å². The molecular formula is C23H32N6O5. The molecule has 0 bridgehead atoms. The van der Waals surface area contributed by atoms with Gasteiger partial charge in [-0.3, -0.25) is 14.4 Å². The number of carbonyl (C=O) groups is 4. The molecule has 34 heavy (non-hydrogen) atoms.